The third-order valence-electron chi connectivity index (χ3n) is 11.1. The third kappa shape index (κ3) is 3.87. The van der Waals surface area contributed by atoms with Crippen molar-refractivity contribution in [3.05, 3.63) is 210 Å². The van der Waals surface area contributed by atoms with Crippen LogP contribution in [0, 0.1) is 0 Å². The van der Waals surface area contributed by atoms with Gasteiger partial charge >= 0.3 is 0 Å². The Kier molecular flexibility index (Phi) is 5.91. The molecule has 0 bridgehead atoms. The number of anilines is 3. The van der Waals surface area contributed by atoms with Gasteiger partial charge in [-0.25, -0.2) is 0 Å². The molecule has 2 aliphatic rings. The summed E-state index contributed by atoms with van der Waals surface area (Å²) in [5.41, 5.74) is 17.2. The highest BCUT2D eigenvalue weighted by Crippen LogP contribution is 2.65. The largest absolute Gasteiger partial charge is 0.455 e. The predicted octanol–water partition coefficient (Wildman–Crippen LogP) is 13.1. The van der Waals surface area contributed by atoms with E-state index in [-0.39, 0.29) is 0 Å². The number of fused-ring (bicyclic) bond motifs is 14. The molecule has 2 nitrogen and oxygen atoms in total. The molecule has 1 atom stereocenters. The lowest BCUT2D eigenvalue weighted by molar-refractivity contribution is 0.669. The van der Waals surface area contributed by atoms with Crippen LogP contribution in [-0.2, 0) is 5.41 Å². The molecule has 0 amide bonds. The molecule has 1 aromatic heterocycles. The van der Waals surface area contributed by atoms with Crippen molar-refractivity contribution in [1.29, 1.82) is 0 Å². The van der Waals surface area contributed by atoms with Crippen LogP contribution in [0.5, 0.6) is 0 Å². The molecule has 0 fully saturated rings. The van der Waals surface area contributed by atoms with E-state index < -0.39 is 5.41 Å². The molecule has 1 unspecified atom stereocenters. The van der Waals surface area contributed by atoms with Crippen molar-refractivity contribution in [2.24, 2.45) is 0 Å². The highest BCUT2D eigenvalue weighted by Gasteiger charge is 2.53. The molecular formula is C49H31NO. The summed E-state index contributed by atoms with van der Waals surface area (Å²) in [4.78, 5) is 2.37. The van der Waals surface area contributed by atoms with Gasteiger partial charge in [-0.15, -0.1) is 0 Å². The van der Waals surface area contributed by atoms with Gasteiger partial charge in [0.2, 0.25) is 0 Å². The zero-order valence-electron chi connectivity index (χ0n) is 27.8. The summed E-state index contributed by atoms with van der Waals surface area (Å²) < 4.78 is 6.79. The molecule has 0 saturated heterocycles. The molecule has 51 heavy (non-hydrogen) atoms. The zero-order chi connectivity index (χ0) is 33.5. The lowest BCUT2D eigenvalue weighted by Crippen LogP contribution is -2.26. The van der Waals surface area contributed by atoms with Gasteiger partial charge in [0.15, 0.2) is 0 Å². The molecule has 1 heterocycles. The van der Waals surface area contributed by atoms with Crippen LogP contribution in [0.25, 0.3) is 55.3 Å². The van der Waals surface area contributed by atoms with Gasteiger partial charge < -0.3 is 9.32 Å². The smallest absolute Gasteiger partial charge is 0.143 e. The number of nitrogens with zero attached hydrogens (tertiary/aromatic N) is 1. The highest BCUT2D eigenvalue weighted by atomic mass is 16.3. The molecule has 11 rings (SSSR count). The summed E-state index contributed by atoms with van der Waals surface area (Å²) in [5.74, 6) is 0. The summed E-state index contributed by atoms with van der Waals surface area (Å²) in [6.07, 6.45) is 0. The Bertz CT molecular complexity index is 2760. The maximum Gasteiger partial charge on any atom is 0.143 e. The maximum atomic E-state index is 6.79. The first-order valence-electron chi connectivity index (χ1n) is 17.6. The van der Waals surface area contributed by atoms with Gasteiger partial charge in [0, 0.05) is 33.4 Å². The normalized spacial score (nSPS) is 15.1. The summed E-state index contributed by atoms with van der Waals surface area (Å²) in [6.45, 7) is 0. The van der Waals surface area contributed by atoms with Crippen LogP contribution in [0.3, 0.4) is 0 Å². The van der Waals surface area contributed by atoms with Gasteiger partial charge in [0.25, 0.3) is 0 Å². The van der Waals surface area contributed by atoms with Gasteiger partial charge in [-0.3, -0.25) is 0 Å². The second-order valence-electron chi connectivity index (χ2n) is 13.6. The van der Waals surface area contributed by atoms with E-state index in [0.29, 0.717) is 0 Å². The first kappa shape index (κ1) is 28.2. The van der Waals surface area contributed by atoms with Crippen LogP contribution in [0.1, 0.15) is 22.3 Å². The fourth-order valence-corrected chi connectivity index (χ4v) is 8.98. The monoisotopic (exact) mass is 649 g/mol. The summed E-state index contributed by atoms with van der Waals surface area (Å²) in [5, 5.41) is 2.30. The number of furan rings is 1. The highest BCUT2D eigenvalue weighted by molar-refractivity contribution is 6.13. The predicted molar refractivity (Wildman–Crippen MR) is 210 cm³/mol. The Labute approximate surface area is 296 Å². The SMILES string of the molecule is c1ccc(-c2ccc3c(c2)C2(c4cc(N(c5ccccc5)c5ccccc5)ccc4-3)c3ccccc3-c3c2ccc2c3oc3ccccc32)cc1. The molecule has 1 spiro atoms. The van der Waals surface area contributed by atoms with Crippen molar-refractivity contribution in [3.63, 3.8) is 0 Å². The molecule has 0 aliphatic heterocycles. The van der Waals surface area contributed by atoms with E-state index in [2.05, 4.69) is 193 Å². The van der Waals surface area contributed by atoms with Crippen molar-refractivity contribution in [2.45, 2.75) is 5.41 Å². The first-order valence-corrected chi connectivity index (χ1v) is 17.6. The lowest BCUT2D eigenvalue weighted by atomic mass is 9.70. The Morgan fingerprint density at radius 1 is 0.373 bits per heavy atom. The summed E-state index contributed by atoms with van der Waals surface area (Å²) >= 11 is 0. The van der Waals surface area contributed by atoms with E-state index >= 15 is 0 Å². The van der Waals surface area contributed by atoms with Gasteiger partial charge in [-0.05, 0) is 98.6 Å². The van der Waals surface area contributed by atoms with Crippen LogP contribution < -0.4 is 4.90 Å². The second kappa shape index (κ2) is 10.7. The van der Waals surface area contributed by atoms with Gasteiger partial charge in [0.05, 0.1) is 5.41 Å². The zero-order valence-corrected chi connectivity index (χ0v) is 27.8. The Morgan fingerprint density at radius 3 is 1.76 bits per heavy atom. The van der Waals surface area contributed by atoms with Crippen LogP contribution in [-0.4, -0.2) is 0 Å². The van der Waals surface area contributed by atoms with E-state index in [4.69, 9.17) is 4.42 Å². The van der Waals surface area contributed by atoms with E-state index in [1.165, 1.54) is 55.6 Å². The van der Waals surface area contributed by atoms with Crippen LogP contribution in [0.15, 0.2) is 192 Å². The summed E-state index contributed by atoms with van der Waals surface area (Å²) in [7, 11) is 0. The van der Waals surface area contributed by atoms with Crippen molar-refractivity contribution in [1.82, 2.24) is 0 Å². The van der Waals surface area contributed by atoms with Crippen molar-refractivity contribution >= 4 is 39.0 Å². The fraction of sp³-hybridized carbons (Fsp3) is 0.0204. The number of rotatable bonds is 4. The second-order valence-corrected chi connectivity index (χ2v) is 13.6. The molecule has 0 radical (unpaired) electrons. The van der Waals surface area contributed by atoms with Crippen LogP contribution in [0.2, 0.25) is 0 Å². The third-order valence-corrected chi connectivity index (χ3v) is 11.1. The minimum absolute atomic E-state index is 0.552. The van der Waals surface area contributed by atoms with Crippen LogP contribution in [0.4, 0.5) is 17.1 Å². The topological polar surface area (TPSA) is 16.4 Å². The standard InChI is InChI=1S/C49H31NO/c1-4-14-32(15-5-1)33-24-26-37-38-27-25-36(50(34-16-6-2-7-17-34)35-18-8-3-9-19-35)31-45(38)49(44(37)30-33)42-22-12-10-21-41(42)47-43(49)29-28-40-39-20-11-13-23-46(39)51-48(40)47/h1-31H. The minimum Gasteiger partial charge on any atom is -0.455 e. The average Bonchev–Trinajstić information content (AvgIpc) is 3.83. The van der Waals surface area contributed by atoms with E-state index in [0.717, 1.165) is 39.0 Å². The minimum atomic E-state index is -0.552. The molecule has 9 aromatic rings. The maximum absolute atomic E-state index is 6.79. The Morgan fingerprint density at radius 2 is 1.00 bits per heavy atom. The quantitative estimate of drug-likeness (QED) is 0.189. The van der Waals surface area contributed by atoms with E-state index in [9.17, 15) is 0 Å². The van der Waals surface area contributed by atoms with Crippen molar-refractivity contribution in [3.8, 4) is 33.4 Å². The molecule has 2 heteroatoms. The fourth-order valence-electron chi connectivity index (χ4n) is 8.98. The molecule has 0 N–H and O–H groups in total. The summed E-state index contributed by atoms with van der Waals surface area (Å²) in [6, 6.07) is 68.4. The number of para-hydroxylation sites is 3. The van der Waals surface area contributed by atoms with Gasteiger partial charge in [0.1, 0.15) is 11.2 Å². The molecular weight excluding hydrogens is 619 g/mol. The van der Waals surface area contributed by atoms with Crippen LogP contribution >= 0.6 is 0 Å². The lowest BCUT2D eigenvalue weighted by Gasteiger charge is -2.32. The Balaban J connectivity index is 1.26. The number of hydrogen-bond acceptors (Lipinski definition) is 2. The van der Waals surface area contributed by atoms with Crippen molar-refractivity contribution < 1.29 is 4.42 Å². The van der Waals surface area contributed by atoms with E-state index in [1.54, 1.807) is 0 Å². The van der Waals surface area contributed by atoms with Crippen molar-refractivity contribution in [2.75, 3.05) is 4.90 Å². The number of hydrogen-bond donors (Lipinski definition) is 0. The molecule has 8 aromatic carbocycles. The Hall–Kier alpha value is -6.64. The molecule has 0 saturated carbocycles. The van der Waals surface area contributed by atoms with Gasteiger partial charge in [-0.2, -0.15) is 0 Å². The molecule has 2 aliphatic carbocycles. The molecule has 238 valence electrons. The van der Waals surface area contributed by atoms with Gasteiger partial charge in [-0.1, -0.05) is 140 Å². The number of benzene rings is 8. The van der Waals surface area contributed by atoms with E-state index in [1.807, 2.05) is 0 Å². The average molecular weight is 650 g/mol. The first-order chi connectivity index (χ1) is 25.3.